The van der Waals surface area contributed by atoms with Gasteiger partial charge in [-0.3, -0.25) is 4.98 Å². The maximum atomic E-state index is 9.62. The van der Waals surface area contributed by atoms with Crippen LogP contribution in [0.3, 0.4) is 0 Å². The van der Waals surface area contributed by atoms with Crippen molar-refractivity contribution in [3.05, 3.63) is 30.1 Å². The first-order valence-corrected chi connectivity index (χ1v) is 5.77. The van der Waals surface area contributed by atoms with Gasteiger partial charge < -0.3 is 10.0 Å². The molecule has 90 valence electrons. The van der Waals surface area contributed by atoms with Gasteiger partial charge in [-0.05, 0) is 51.4 Å². The van der Waals surface area contributed by atoms with Crippen molar-refractivity contribution < 1.29 is 5.11 Å². The second-order valence-corrected chi connectivity index (χ2v) is 4.97. The highest BCUT2D eigenvalue weighted by Crippen LogP contribution is 2.08. The Morgan fingerprint density at radius 1 is 1.25 bits per heavy atom. The van der Waals surface area contributed by atoms with Crippen molar-refractivity contribution in [1.82, 2.24) is 9.88 Å². The summed E-state index contributed by atoms with van der Waals surface area (Å²) in [6, 6.07) is 4.09. The van der Waals surface area contributed by atoms with Gasteiger partial charge in [0.15, 0.2) is 0 Å². The fourth-order valence-electron chi connectivity index (χ4n) is 1.45. The number of hydrogen-bond acceptors (Lipinski definition) is 3. The zero-order chi connectivity index (χ0) is 12.0. The van der Waals surface area contributed by atoms with Gasteiger partial charge in [-0.15, -0.1) is 0 Å². The maximum Gasteiger partial charge on any atom is 0.0603 e. The van der Waals surface area contributed by atoms with E-state index in [0.717, 1.165) is 25.9 Å². The SMILES string of the molecule is CN(CCc1ccncc1)CCC(C)(C)O. The van der Waals surface area contributed by atoms with Crippen molar-refractivity contribution in [2.45, 2.75) is 32.3 Å². The van der Waals surface area contributed by atoms with Gasteiger partial charge in [0.1, 0.15) is 0 Å². The standard InChI is InChI=1S/C13H22N2O/c1-13(2,16)7-11-15(3)10-6-12-4-8-14-9-5-12/h4-5,8-9,16H,6-7,10-11H2,1-3H3. The molecule has 0 fully saturated rings. The Labute approximate surface area is 98.1 Å². The molecular formula is C13H22N2O. The van der Waals surface area contributed by atoms with Crippen molar-refractivity contribution >= 4 is 0 Å². The van der Waals surface area contributed by atoms with E-state index in [1.54, 1.807) is 0 Å². The molecule has 0 saturated carbocycles. The number of aromatic nitrogens is 1. The summed E-state index contributed by atoms with van der Waals surface area (Å²) in [5, 5.41) is 9.62. The van der Waals surface area contributed by atoms with E-state index in [-0.39, 0.29) is 0 Å². The van der Waals surface area contributed by atoms with Crippen LogP contribution in [0.25, 0.3) is 0 Å². The zero-order valence-electron chi connectivity index (χ0n) is 10.5. The Morgan fingerprint density at radius 3 is 2.44 bits per heavy atom. The predicted octanol–water partition coefficient (Wildman–Crippen LogP) is 1.72. The third-order valence-corrected chi connectivity index (χ3v) is 2.64. The molecule has 0 aliphatic rings. The Kier molecular flexibility index (Phi) is 4.90. The molecule has 0 amide bonds. The largest absolute Gasteiger partial charge is 0.390 e. The summed E-state index contributed by atoms with van der Waals surface area (Å²) in [7, 11) is 2.09. The molecule has 0 aliphatic carbocycles. The van der Waals surface area contributed by atoms with Crippen LogP contribution in [-0.4, -0.2) is 40.7 Å². The molecule has 3 heteroatoms. The van der Waals surface area contributed by atoms with E-state index in [9.17, 15) is 5.11 Å². The first kappa shape index (κ1) is 13.1. The van der Waals surface area contributed by atoms with Crippen LogP contribution < -0.4 is 0 Å². The molecule has 1 rings (SSSR count). The van der Waals surface area contributed by atoms with Crippen LogP contribution in [0.2, 0.25) is 0 Å². The fraction of sp³-hybridized carbons (Fsp3) is 0.615. The van der Waals surface area contributed by atoms with Crippen molar-refractivity contribution in [3.63, 3.8) is 0 Å². The number of pyridine rings is 1. The van der Waals surface area contributed by atoms with Gasteiger partial charge in [0.05, 0.1) is 5.60 Å². The molecule has 0 aliphatic heterocycles. The second-order valence-electron chi connectivity index (χ2n) is 4.97. The second kappa shape index (κ2) is 5.97. The van der Waals surface area contributed by atoms with Gasteiger partial charge in [-0.1, -0.05) is 0 Å². The van der Waals surface area contributed by atoms with Crippen LogP contribution in [-0.2, 0) is 6.42 Å². The smallest absolute Gasteiger partial charge is 0.0603 e. The Balaban J connectivity index is 2.23. The van der Waals surface area contributed by atoms with Crippen LogP contribution in [0.15, 0.2) is 24.5 Å². The number of likely N-dealkylation sites (N-methyl/N-ethyl adjacent to an activating group) is 1. The molecule has 0 unspecified atom stereocenters. The first-order valence-electron chi connectivity index (χ1n) is 5.77. The van der Waals surface area contributed by atoms with Gasteiger partial charge in [0.2, 0.25) is 0 Å². The quantitative estimate of drug-likeness (QED) is 0.796. The Morgan fingerprint density at radius 2 is 1.88 bits per heavy atom. The number of nitrogens with zero attached hydrogens (tertiary/aromatic N) is 2. The average molecular weight is 222 g/mol. The monoisotopic (exact) mass is 222 g/mol. The summed E-state index contributed by atoms with van der Waals surface area (Å²) in [6.45, 7) is 5.64. The van der Waals surface area contributed by atoms with Crippen LogP contribution in [0.4, 0.5) is 0 Å². The lowest BCUT2D eigenvalue weighted by Gasteiger charge is -2.22. The Bertz CT molecular complexity index is 293. The Hall–Kier alpha value is -0.930. The van der Waals surface area contributed by atoms with Gasteiger partial charge in [0, 0.05) is 25.5 Å². The van der Waals surface area contributed by atoms with Crippen molar-refractivity contribution in [2.24, 2.45) is 0 Å². The van der Waals surface area contributed by atoms with Crippen molar-refractivity contribution in [1.29, 1.82) is 0 Å². The summed E-state index contributed by atoms with van der Waals surface area (Å²) in [5.74, 6) is 0. The minimum atomic E-state index is -0.565. The molecule has 1 N–H and O–H groups in total. The van der Waals surface area contributed by atoms with E-state index >= 15 is 0 Å². The summed E-state index contributed by atoms with van der Waals surface area (Å²) in [6.07, 6.45) is 5.49. The summed E-state index contributed by atoms with van der Waals surface area (Å²) < 4.78 is 0. The molecule has 0 aromatic carbocycles. The zero-order valence-corrected chi connectivity index (χ0v) is 10.5. The van der Waals surface area contributed by atoms with Crippen molar-refractivity contribution in [2.75, 3.05) is 20.1 Å². The highest BCUT2D eigenvalue weighted by Gasteiger charge is 2.12. The van der Waals surface area contributed by atoms with Crippen LogP contribution >= 0.6 is 0 Å². The van der Waals surface area contributed by atoms with Gasteiger partial charge in [0.25, 0.3) is 0 Å². The molecule has 16 heavy (non-hydrogen) atoms. The van der Waals surface area contributed by atoms with E-state index in [4.69, 9.17) is 0 Å². The van der Waals surface area contributed by atoms with Gasteiger partial charge in [-0.2, -0.15) is 0 Å². The van der Waals surface area contributed by atoms with E-state index in [1.165, 1.54) is 5.56 Å². The van der Waals surface area contributed by atoms with Crippen LogP contribution in [0, 0.1) is 0 Å². The highest BCUT2D eigenvalue weighted by molar-refractivity contribution is 5.09. The van der Waals surface area contributed by atoms with Crippen molar-refractivity contribution in [3.8, 4) is 0 Å². The van der Waals surface area contributed by atoms with Gasteiger partial charge >= 0.3 is 0 Å². The normalized spacial score (nSPS) is 12.1. The first-order chi connectivity index (χ1) is 7.47. The molecule has 3 nitrogen and oxygen atoms in total. The maximum absolute atomic E-state index is 9.62. The highest BCUT2D eigenvalue weighted by atomic mass is 16.3. The molecule has 0 spiro atoms. The van der Waals surface area contributed by atoms with E-state index in [1.807, 2.05) is 38.4 Å². The predicted molar refractivity (Wildman–Crippen MR) is 66.4 cm³/mol. The minimum Gasteiger partial charge on any atom is -0.390 e. The van der Waals surface area contributed by atoms with Crippen LogP contribution in [0.1, 0.15) is 25.8 Å². The number of hydrogen-bond donors (Lipinski definition) is 1. The number of aliphatic hydroxyl groups is 1. The molecule has 1 aromatic rings. The fourth-order valence-corrected chi connectivity index (χ4v) is 1.45. The molecule has 0 atom stereocenters. The van der Waals surface area contributed by atoms with Gasteiger partial charge in [-0.25, -0.2) is 0 Å². The molecule has 0 saturated heterocycles. The van der Waals surface area contributed by atoms with Crippen LogP contribution in [0.5, 0.6) is 0 Å². The molecule has 1 heterocycles. The third-order valence-electron chi connectivity index (χ3n) is 2.64. The van der Waals surface area contributed by atoms with E-state index < -0.39 is 5.60 Å². The average Bonchev–Trinajstić information content (AvgIpc) is 2.24. The minimum absolute atomic E-state index is 0.565. The molecule has 0 radical (unpaired) electrons. The lowest BCUT2D eigenvalue weighted by Crippen LogP contribution is -2.29. The molecule has 0 bridgehead atoms. The lowest BCUT2D eigenvalue weighted by molar-refractivity contribution is 0.0609. The van der Waals surface area contributed by atoms with E-state index in [0.29, 0.717) is 0 Å². The molecular weight excluding hydrogens is 200 g/mol. The topological polar surface area (TPSA) is 36.4 Å². The third kappa shape index (κ3) is 5.83. The molecule has 1 aromatic heterocycles. The van der Waals surface area contributed by atoms with E-state index in [2.05, 4.69) is 16.9 Å². The lowest BCUT2D eigenvalue weighted by atomic mass is 10.1. The summed E-state index contributed by atoms with van der Waals surface area (Å²) >= 11 is 0. The summed E-state index contributed by atoms with van der Waals surface area (Å²) in [5.41, 5.74) is 0.746. The number of rotatable bonds is 6. The summed E-state index contributed by atoms with van der Waals surface area (Å²) in [4.78, 5) is 6.24.